The molecule has 1 aromatic rings. The Kier molecular flexibility index (Phi) is 12.8. The van der Waals surface area contributed by atoms with Gasteiger partial charge in [0, 0.05) is 25.0 Å². The van der Waals surface area contributed by atoms with Crippen molar-refractivity contribution in [2.75, 3.05) is 13.1 Å². The molecule has 244 valence electrons. The van der Waals surface area contributed by atoms with Crippen molar-refractivity contribution in [3.05, 3.63) is 48.6 Å². The Labute approximate surface area is 267 Å². The minimum Gasteiger partial charge on any atom is -0.346 e. The molecule has 0 spiro atoms. The summed E-state index contributed by atoms with van der Waals surface area (Å²) in [7, 11) is 0. The average Bonchev–Trinajstić information content (AvgIpc) is 3.50. The minimum absolute atomic E-state index is 0.0837. The number of nitrogens with zero attached hydrogens (tertiary/aromatic N) is 1. The van der Waals surface area contributed by atoms with Gasteiger partial charge in [0.05, 0.1) is 6.04 Å². The molecule has 10 heteroatoms. The van der Waals surface area contributed by atoms with Crippen LogP contribution < -0.4 is 21.3 Å². The molecule has 4 N–H and O–H groups in total. The van der Waals surface area contributed by atoms with Gasteiger partial charge in [0.2, 0.25) is 17.6 Å². The summed E-state index contributed by atoms with van der Waals surface area (Å²) in [5.41, 5.74) is 0.0702. The first-order valence-corrected chi connectivity index (χ1v) is 16.0. The smallest absolute Gasteiger partial charge is 0.315 e. The molecule has 1 heterocycles. The van der Waals surface area contributed by atoms with E-state index in [1.54, 1.807) is 0 Å². The number of likely N-dealkylation sites (tertiary alicyclic amines) is 1. The van der Waals surface area contributed by atoms with Gasteiger partial charge in [0.1, 0.15) is 12.1 Å². The summed E-state index contributed by atoms with van der Waals surface area (Å²) in [5.74, 6) is -0.120. The average molecular weight is 620 g/mol. The van der Waals surface area contributed by atoms with Gasteiger partial charge < -0.3 is 26.2 Å². The molecule has 5 amide bonds. The summed E-state index contributed by atoms with van der Waals surface area (Å²) in [6.45, 7) is 9.57. The maximum absolute atomic E-state index is 14.1. The van der Waals surface area contributed by atoms with Crippen LogP contribution in [0.15, 0.2) is 43.0 Å². The van der Waals surface area contributed by atoms with Crippen LogP contribution >= 0.6 is 0 Å². The van der Waals surface area contributed by atoms with Gasteiger partial charge in [-0.25, -0.2) is 4.79 Å². The van der Waals surface area contributed by atoms with Gasteiger partial charge >= 0.3 is 6.03 Å². The monoisotopic (exact) mass is 619 g/mol. The quantitative estimate of drug-likeness (QED) is 0.152. The van der Waals surface area contributed by atoms with Gasteiger partial charge in [-0.05, 0) is 49.5 Å². The van der Waals surface area contributed by atoms with Crippen molar-refractivity contribution < 1.29 is 24.0 Å². The first-order valence-electron chi connectivity index (χ1n) is 16.0. The van der Waals surface area contributed by atoms with Gasteiger partial charge in [-0.15, -0.1) is 18.9 Å². The van der Waals surface area contributed by atoms with E-state index >= 15 is 0 Å². The third-order valence-corrected chi connectivity index (χ3v) is 8.64. The summed E-state index contributed by atoms with van der Waals surface area (Å²) in [6, 6.07) is 6.78. The highest BCUT2D eigenvalue weighted by Crippen LogP contribution is 2.32. The first kappa shape index (κ1) is 35.4. The standard InChI is InChI=1S/C35H49N5O5/c1-6-8-18-26(28(41)31(43)36-22-7-2)37-30(42)27-19-15-23-40(27)32(44)29(34(3,4)5)38-33(45)39-35(20-13-10-14-21-35)24-25-16-11-9-12-17-25/h1,7,9,11-12,16-17,26-27,29H,2,8,10,13-15,18-24H2,3-5H3,(H,36,43)(H,37,42)(H2,38,39,45)/t26?,27-,29+/m0/s1. The van der Waals surface area contributed by atoms with E-state index in [1.165, 1.54) is 11.0 Å². The lowest BCUT2D eigenvalue weighted by Gasteiger charge is -2.40. The van der Waals surface area contributed by atoms with Crippen molar-refractivity contribution in [1.29, 1.82) is 0 Å². The minimum atomic E-state index is -1.13. The number of Topliss-reactive ketones (excluding diaryl/α,β-unsaturated/α-hetero) is 1. The highest BCUT2D eigenvalue weighted by atomic mass is 16.2. The van der Waals surface area contributed by atoms with Crippen molar-refractivity contribution in [3.63, 3.8) is 0 Å². The van der Waals surface area contributed by atoms with Crippen LogP contribution in [0.1, 0.15) is 84.1 Å². The van der Waals surface area contributed by atoms with E-state index in [-0.39, 0.29) is 25.3 Å². The summed E-state index contributed by atoms with van der Waals surface area (Å²) >= 11 is 0. The molecule has 2 aliphatic rings. The van der Waals surface area contributed by atoms with E-state index in [0.29, 0.717) is 25.8 Å². The number of terminal acetylenes is 1. The molecule has 10 nitrogen and oxygen atoms in total. The predicted octanol–water partition coefficient (Wildman–Crippen LogP) is 3.41. The van der Waals surface area contributed by atoms with Crippen LogP contribution in [-0.4, -0.2) is 71.2 Å². The number of hydrogen-bond donors (Lipinski definition) is 4. The highest BCUT2D eigenvalue weighted by molar-refractivity contribution is 6.38. The summed E-state index contributed by atoms with van der Waals surface area (Å²) in [5, 5.41) is 11.3. The largest absolute Gasteiger partial charge is 0.346 e. The highest BCUT2D eigenvalue weighted by Gasteiger charge is 2.43. The van der Waals surface area contributed by atoms with Crippen molar-refractivity contribution in [2.45, 2.75) is 109 Å². The number of benzene rings is 1. The fourth-order valence-electron chi connectivity index (χ4n) is 6.26. The number of amides is 5. The Morgan fingerprint density at radius 3 is 2.38 bits per heavy atom. The molecule has 1 aliphatic heterocycles. The zero-order chi connectivity index (χ0) is 33.0. The van der Waals surface area contributed by atoms with Gasteiger partial charge in [-0.3, -0.25) is 19.2 Å². The Morgan fingerprint density at radius 2 is 1.76 bits per heavy atom. The molecule has 3 rings (SSSR count). The molecule has 1 aromatic carbocycles. The number of hydrogen-bond acceptors (Lipinski definition) is 5. The molecule has 3 atom stereocenters. The van der Waals surface area contributed by atoms with Gasteiger partial charge in [0.15, 0.2) is 0 Å². The lowest BCUT2D eigenvalue weighted by molar-refractivity contribution is -0.143. The Hall–Kier alpha value is -4.13. The lowest BCUT2D eigenvalue weighted by atomic mass is 9.77. The molecule has 45 heavy (non-hydrogen) atoms. The number of carbonyl (C=O) groups excluding carboxylic acids is 5. The van der Waals surface area contributed by atoms with Gasteiger partial charge in [-0.1, -0.05) is 76.4 Å². The van der Waals surface area contributed by atoms with Crippen molar-refractivity contribution in [1.82, 2.24) is 26.2 Å². The summed E-state index contributed by atoms with van der Waals surface area (Å²) in [4.78, 5) is 67.8. The van der Waals surface area contributed by atoms with E-state index in [4.69, 9.17) is 6.42 Å². The number of ketones is 1. The number of urea groups is 1. The molecule has 1 saturated carbocycles. The topological polar surface area (TPSA) is 137 Å². The second kappa shape index (κ2) is 16.3. The van der Waals surface area contributed by atoms with Crippen molar-refractivity contribution in [2.24, 2.45) is 5.41 Å². The Balaban J connectivity index is 1.74. The molecule has 2 fully saturated rings. The second-order valence-corrected chi connectivity index (χ2v) is 13.3. The molecule has 1 unspecified atom stereocenters. The van der Waals surface area contributed by atoms with Gasteiger partial charge in [0.25, 0.3) is 5.91 Å². The predicted molar refractivity (Wildman–Crippen MR) is 174 cm³/mol. The van der Waals surface area contributed by atoms with E-state index in [0.717, 1.165) is 37.7 Å². The second-order valence-electron chi connectivity index (χ2n) is 13.3. The van der Waals surface area contributed by atoms with Crippen LogP contribution in [0.5, 0.6) is 0 Å². The Bertz CT molecular complexity index is 1260. The van der Waals surface area contributed by atoms with Crippen LogP contribution in [0.4, 0.5) is 4.79 Å². The van der Waals surface area contributed by atoms with E-state index in [2.05, 4.69) is 45.9 Å². The molecular weight excluding hydrogens is 570 g/mol. The lowest BCUT2D eigenvalue weighted by Crippen LogP contribution is -2.62. The third-order valence-electron chi connectivity index (χ3n) is 8.64. The molecule has 1 aliphatic carbocycles. The van der Waals surface area contributed by atoms with Crippen LogP contribution in [-0.2, 0) is 25.6 Å². The zero-order valence-electron chi connectivity index (χ0n) is 27.0. The van der Waals surface area contributed by atoms with E-state index in [1.807, 2.05) is 39.0 Å². The molecule has 0 aromatic heterocycles. The molecule has 1 saturated heterocycles. The maximum Gasteiger partial charge on any atom is 0.315 e. The zero-order valence-corrected chi connectivity index (χ0v) is 27.0. The van der Waals surface area contributed by atoms with Crippen molar-refractivity contribution >= 4 is 29.5 Å². The first-order chi connectivity index (χ1) is 21.4. The van der Waals surface area contributed by atoms with Crippen LogP contribution in [0.3, 0.4) is 0 Å². The SMILES string of the molecule is C#CCCC(NC(=O)[C@@H]1CCCN1C(=O)[C@@H](NC(=O)NC1(Cc2ccccc2)CCCCC1)C(C)(C)C)C(=O)C(=O)NCC=C. The summed E-state index contributed by atoms with van der Waals surface area (Å²) < 4.78 is 0. The van der Waals surface area contributed by atoms with E-state index in [9.17, 15) is 24.0 Å². The van der Waals surface area contributed by atoms with Crippen LogP contribution in [0.2, 0.25) is 0 Å². The summed E-state index contributed by atoms with van der Waals surface area (Å²) in [6.07, 6.45) is 13.6. The maximum atomic E-state index is 14.1. The fraction of sp³-hybridized carbons (Fsp3) is 0.571. The molecule has 0 bridgehead atoms. The molecular formula is C35H49N5O5. The number of rotatable bonds is 13. The van der Waals surface area contributed by atoms with Gasteiger partial charge in [-0.2, -0.15) is 0 Å². The number of nitrogens with one attached hydrogen (secondary N) is 4. The van der Waals surface area contributed by atoms with Crippen molar-refractivity contribution in [3.8, 4) is 12.3 Å². The van der Waals surface area contributed by atoms with Crippen LogP contribution in [0.25, 0.3) is 0 Å². The normalized spacial score (nSPS) is 18.9. The number of carbonyl (C=O) groups is 5. The molecule has 0 radical (unpaired) electrons. The van der Waals surface area contributed by atoms with E-state index < -0.39 is 52.7 Å². The fourth-order valence-corrected chi connectivity index (χ4v) is 6.26. The van der Waals surface area contributed by atoms with Crippen LogP contribution in [0, 0.1) is 17.8 Å². The Morgan fingerprint density at radius 1 is 1.07 bits per heavy atom. The third kappa shape index (κ3) is 9.93.